The van der Waals surface area contributed by atoms with Gasteiger partial charge in [0, 0.05) is 0 Å². The fraction of sp³-hybridized carbons (Fsp3) is 0.700. The van der Waals surface area contributed by atoms with E-state index in [0.29, 0.717) is 24.7 Å². The summed E-state index contributed by atoms with van der Waals surface area (Å²) in [5, 5.41) is 20.8. The zero-order chi connectivity index (χ0) is 16.8. The molecule has 0 saturated carbocycles. The number of rotatable bonds is 1. The number of hydrogen-bond acceptors (Lipinski definition) is 2. The monoisotopic (exact) mass is 306 g/mol. The van der Waals surface area contributed by atoms with Gasteiger partial charge in [-0.15, -0.1) is 0 Å². The summed E-state index contributed by atoms with van der Waals surface area (Å²) in [7, 11) is 0. The van der Waals surface area contributed by atoms with Gasteiger partial charge in [0.25, 0.3) is 0 Å². The van der Waals surface area contributed by atoms with Crippen LogP contribution in [0.3, 0.4) is 0 Å². The second kappa shape index (κ2) is 8.12. The molecule has 1 rings (SSSR count). The Morgan fingerprint density at radius 3 is 2.45 bits per heavy atom. The molecule has 0 aromatic carbocycles. The molecule has 0 heterocycles. The van der Waals surface area contributed by atoms with Crippen molar-refractivity contribution in [2.45, 2.75) is 77.9 Å². The third kappa shape index (κ3) is 7.42. The maximum Gasteiger partial charge on any atom is 0.0834 e. The van der Waals surface area contributed by atoms with Crippen LogP contribution >= 0.6 is 0 Å². The second-order valence-electron chi connectivity index (χ2n) is 7.72. The van der Waals surface area contributed by atoms with Gasteiger partial charge in [0.1, 0.15) is 0 Å². The van der Waals surface area contributed by atoms with Crippen molar-refractivity contribution in [3.05, 3.63) is 36.0 Å². The maximum absolute atomic E-state index is 10.5. The van der Waals surface area contributed by atoms with E-state index in [1.165, 1.54) is 5.57 Å². The Labute approximate surface area is 136 Å². The molecule has 0 amide bonds. The van der Waals surface area contributed by atoms with Crippen LogP contribution in [0, 0.1) is 11.8 Å². The van der Waals surface area contributed by atoms with Crippen molar-refractivity contribution >= 4 is 0 Å². The van der Waals surface area contributed by atoms with E-state index in [1.807, 2.05) is 32.1 Å². The lowest BCUT2D eigenvalue weighted by Gasteiger charge is -2.23. The summed E-state index contributed by atoms with van der Waals surface area (Å²) in [5.41, 5.74) is -0.266. The summed E-state index contributed by atoms with van der Waals surface area (Å²) in [4.78, 5) is 0. The first kappa shape index (κ1) is 19.2. The predicted octanol–water partition coefficient (Wildman–Crippen LogP) is 4.78. The van der Waals surface area contributed by atoms with Crippen molar-refractivity contribution in [2.75, 3.05) is 0 Å². The van der Waals surface area contributed by atoms with Gasteiger partial charge in [-0.1, -0.05) is 49.8 Å². The molecule has 0 aliphatic heterocycles. The molecule has 2 heteroatoms. The van der Waals surface area contributed by atoms with Crippen LogP contribution in [0.4, 0.5) is 0 Å². The molecule has 0 fully saturated rings. The van der Waals surface area contributed by atoms with Gasteiger partial charge in [0.05, 0.1) is 11.2 Å². The van der Waals surface area contributed by atoms with Crippen molar-refractivity contribution in [3.8, 4) is 0 Å². The molecule has 0 spiro atoms. The van der Waals surface area contributed by atoms with Gasteiger partial charge in [0.15, 0.2) is 0 Å². The quantitative estimate of drug-likeness (QED) is 0.684. The lowest BCUT2D eigenvalue weighted by molar-refractivity contribution is 0.0985. The summed E-state index contributed by atoms with van der Waals surface area (Å²) < 4.78 is 0. The van der Waals surface area contributed by atoms with Crippen LogP contribution in [0.2, 0.25) is 0 Å². The van der Waals surface area contributed by atoms with E-state index < -0.39 is 11.2 Å². The first-order valence-corrected chi connectivity index (χ1v) is 8.59. The Balaban J connectivity index is 2.96. The molecule has 0 bridgehead atoms. The van der Waals surface area contributed by atoms with Crippen molar-refractivity contribution in [2.24, 2.45) is 11.8 Å². The molecule has 0 unspecified atom stereocenters. The van der Waals surface area contributed by atoms with E-state index in [4.69, 9.17) is 0 Å². The average Bonchev–Trinajstić information content (AvgIpc) is 2.36. The van der Waals surface area contributed by atoms with Gasteiger partial charge in [-0.05, 0) is 64.7 Å². The second-order valence-corrected chi connectivity index (χ2v) is 7.72. The van der Waals surface area contributed by atoms with Crippen molar-refractivity contribution in [1.82, 2.24) is 0 Å². The van der Waals surface area contributed by atoms with Gasteiger partial charge >= 0.3 is 0 Å². The molecule has 0 saturated heterocycles. The summed E-state index contributed by atoms with van der Waals surface area (Å²) >= 11 is 0. The molecule has 126 valence electrons. The molecule has 3 atom stereocenters. The highest BCUT2D eigenvalue weighted by Gasteiger charge is 2.19. The average molecular weight is 306 g/mol. The molecular formula is C20H34O2. The van der Waals surface area contributed by atoms with Crippen molar-refractivity contribution in [1.29, 1.82) is 0 Å². The summed E-state index contributed by atoms with van der Waals surface area (Å²) in [5.74, 6) is 1.06. The number of hydrogen-bond donors (Lipinski definition) is 2. The molecule has 0 aromatic rings. The van der Waals surface area contributed by atoms with E-state index in [9.17, 15) is 10.2 Å². The SMILES string of the molecule is C/C1=C/CC[C@](C)(O)/C=C/C[C@@](C)(O)/C=C/[C@H](C(C)C)CC1. The van der Waals surface area contributed by atoms with E-state index in [2.05, 4.69) is 32.9 Å². The molecule has 2 nitrogen and oxygen atoms in total. The maximum atomic E-state index is 10.5. The van der Waals surface area contributed by atoms with E-state index >= 15 is 0 Å². The molecule has 22 heavy (non-hydrogen) atoms. The lowest BCUT2D eigenvalue weighted by Crippen LogP contribution is -2.23. The van der Waals surface area contributed by atoms with Crippen molar-refractivity contribution < 1.29 is 10.2 Å². The van der Waals surface area contributed by atoms with Gasteiger partial charge in [-0.25, -0.2) is 0 Å². The fourth-order valence-corrected chi connectivity index (χ4v) is 2.79. The van der Waals surface area contributed by atoms with Crippen LogP contribution in [0.1, 0.15) is 66.7 Å². The zero-order valence-electron chi connectivity index (χ0n) is 15.0. The van der Waals surface area contributed by atoms with Gasteiger partial charge in [-0.3, -0.25) is 0 Å². The van der Waals surface area contributed by atoms with Gasteiger partial charge in [-0.2, -0.15) is 0 Å². The largest absolute Gasteiger partial charge is 0.386 e. The molecule has 0 radical (unpaired) electrons. The Bertz CT molecular complexity index is 425. The molecule has 0 aromatic heterocycles. The van der Waals surface area contributed by atoms with Crippen LogP contribution in [-0.4, -0.2) is 21.4 Å². The minimum atomic E-state index is -0.852. The van der Waals surface area contributed by atoms with Gasteiger partial charge < -0.3 is 10.2 Å². The van der Waals surface area contributed by atoms with Crippen LogP contribution in [0.15, 0.2) is 36.0 Å². The highest BCUT2D eigenvalue weighted by Crippen LogP contribution is 2.25. The first-order valence-electron chi connectivity index (χ1n) is 8.59. The molecule has 1 aliphatic carbocycles. The van der Waals surface area contributed by atoms with Crippen LogP contribution in [0.5, 0.6) is 0 Å². The van der Waals surface area contributed by atoms with E-state index in [-0.39, 0.29) is 0 Å². The van der Waals surface area contributed by atoms with Crippen LogP contribution in [0.25, 0.3) is 0 Å². The first-order chi connectivity index (χ1) is 10.1. The Morgan fingerprint density at radius 2 is 1.82 bits per heavy atom. The smallest absolute Gasteiger partial charge is 0.0834 e. The fourth-order valence-electron chi connectivity index (χ4n) is 2.79. The Kier molecular flexibility index (Phi) is 7.08. The normalized spacial score (nSPS) is 40.5. The Hall–Kier alpha value is -0.860. The lowest BCUT2D eigenvalue weighted by atomic mass is 9.86. The predicted molar refractivity (Wildman–Crippen MR) is 94.7 cm³/mol. The Morgan fingerprint density at radius 1 is 1.14 bits per heavy atom. The topological polar surface area (TPSA) is 40.5 Å². The van der Waals surface area contributed by atoms with E-state index in [0.717, 1.165) is 19.3 Å². The van der Waals surface area contributed by atoms with Crippen molar-refractivity contribution in [3.63, 3.8) is 0 Å². The highest BCUT2D eigenvalue weighted by atomic mass is 16.3. The number of allylic oxidation sites excluding steroid dienone is 3. The molecular weight excluding hydrogens is 272 g/mol. The van der Waals surface area contributed by atoms with E-state index in [1.54, 1.807) is 0 Å². The third-order valence-electron chi connectivity index (χ3n) is 4.58. The summed E-state index contributed by atoms with van der Waals surface area (Å²) in [6.45, 7) is 10.3. The summed E-state index contributed by atoms with van der Waals surface area (Å²) in [6.07, 6.45) is 14.4. The molecule has 2 N–H and O–H groups in total. The van der Waals surface area contributed by atoms with Crippen LogP contribution in [-0.2, 0) is 0 Å². The minimum Gasteiger partial charge on any atom is -0.386 e. The standard InChI is InChI=1S/C20H34O2/c1-16(2)18-10-9-17(3)8-6-12-19(4,21)13-7-14-20(5,22)15-11-18/h7-8,11,13,15-16,18,21-22H,6,9-10,12,14H2,1-5H3/b13-7+,15-11+,17-8-/t18-,19+,20-/m1/s1. The minimum absolute atomic E-state index is 0.491. The van der Waals surface area contributed by atoms with Crippen LogP contribution < -0.4 is 0 Å². The van der Waals surface area contributed by atoms with Gasteiger partial charge in [0.2, 0.25) is 0 Å². The highest BCUT2D eigenvalue weighted by molar-refractivity contribution is 5.09. The number of aliphatic hydroxyl groups is 2. The molecule has 1 aliphatic rings. The third-order valence-corrected chi connectivity index (χ3v) is 4.58. The zero-order valence-corrected chi connectivity index (χ0v) is 15.0. The summed E-state index contributed by atoms with van der Waals surface area (Å²) in [6, 6.07) is 0.